The molecule has 1 atom stereocenters. The number of hydrogen-bond acceptors (Lipinski definition) is 4. The van der Waals surface area contributed by atoms with Crippen molar-refractivity contribution in [3.05, 3.63) is 23.8 Å². The molecule has 0 saturated carbocycles. The second-order valence-electron chi connectivity index (χ2n) is 4.95. The summed E-state index contributed by atoms with van der Waals surface area (Å²) >= 11 is 0. The molecule has 5 N–H and O–H groups in total. The Bertz CT molecular complexity index is 375. The fraction of sp³-hybridized carbons (Fsp3) is 0.571. The van der Waals surface area contributed by atoms with Gasteiger partial charge < -0.3 is 21.5 Å². The van der Waals surface area contributed by atoms with Crippen LogP contribution in [0.2, 0.25) is 0 Å². The number of benzene rings is 1. The van der Waals surface area contributed by atoms with Gasteiger partial charge in [0.1, 0.15) is 0 Å². The molecule has 1 aliphatic rings. The number of aliphatic hydroxyl groups excluding tert-OH is 1. The summed E-state index contributed by atoms with van der Waals surface area (Å²) in [5.74, 6) is 0.713. The Kier molecular flexibility index (Phi) is 4.84. The summed E-state index contributed by atoms with van der Waals surface area (Å²) in [5, 5.41) is 15.6. The minimum Gasteiger partial charge on any atom is -0.397 e. The zero-order chi connectivity index (χ0) is 12.8. The highest BCUT2D eigenvalue weighted by Crippen LogP contribution is 2.27. The van der Waals surface area contributed by atoms with Crippen LogP contribution in [-0.2, 0) is 6.42 Å². The Labute approximate surface area is 109 Å². The summed E-state index contributed by atoms with van der Waals surface area (Å²) in [6.45, 7) is 3.20. The monoisotopic (exact) mass is 249 g/mol. The van der Waals surface area contributed by atoms with Crippen molar-refractivity contribution in [3.63, 3.8) is 0 Å². The van der Waals surface area contributed by atoms with Crippen molar-refractivity contribution in [2.24, 2.45) is 5.92 Å². The highest BCUT2D eigenvalue weighted by Gasteiger charge is 2.17. The predicted molar refractivity (Wildman–Crippen MR) is 75.7 cm³/mol. The Balaban J connectivity index is 2.04. The number of nitrogen functional groups attached to an aromatic ring is 1. The molecular formula is C14H23N3O. The first kappa shape index (κ1) is 13.2. The molecule has 100 valence electrons. The molecule has 4 nitrogen and oxygen atoms in total. The lowest BCUT2D eigenvalue weighted by atomic mass is 9.96. The third-order valence-electron chi connectivity index (χ3n) is 3.49. The number of anilines is 2. The molecule has 0 aliphatic carbocycles. The highest BCUT2D eigenvalue weighted by atomic mass is 16.3. The van der Waals surface area contributed by atoms with Gasteiger partial charge >= 0.3 is 0 Å². The van der Waals surface area contributed by atoms with E-state index in [0.717, 1.165) is 43.9 Å². The van der Waals surface area contributed by atoms with Crippen LogP contribution >= 0.6 is 0 Å². The number of aliphatic hydroxyl groups is 1. The zero-order valence-corrected chi connectivity index (χ0v) is 10.8. The van der Waals surface area contributed by atoms with Crippen LogP contribution in [0.15, 0.2) is 18.2 Å². The van der Waals surface area contributed by atoms with Gasteiger partial charge in [-0.15, -0.1) is 0 Å². The average molecular weight is 249 g/mol. The zero-order valence-electron chi connectivity index (χ0n) is 10.8. The first-order chi connectivity index (χ1) is 8.81. The van der Waals surface area contributed by atoms with E-state index in [2.05, 4.69) is 16.7 Å². The van der Waals surface area contributed by atoms with E-state index in [0.29, 0.717) is 5.92 Å². The molecule has 0 amide bonds. The van der Waals surface area contributed by atoms with E-state index in [9.17, 15) is 0 Å². The van der Waals surface area contributed by atoms with Gasteiger partial charge in [-0.2, -0.15) is 0 Å². The summed E-state index contributed by atoms with van der Waals surface area (Å²) in [5.41, 5.74) is 9.19. The van der Waals surface area contributed by atoms with Crippen molar-refractivity contribution in [2.45, 2.75) is 19.3 Å². The van der Waals surface area contributed by atoms with Crippen molar-refractivity contribution >= 4 is 11.4 Å². The first-order valence-electron chi connectivity index (χ1n) is 6.74. The van der Waals surface area contributed by atoms with Crippen molar-refractivity contribution < 1.29 is 5.11 Å². The molecule has 1 unspecified atom stereocenters. The molecule has 0 bridgehead atoms. The lowest BCUT2D eigenvalue weighted by Gasteiger charge is -2.16. The third-order valence-corrected chi connectivity index (χ3v) is 3.49. The largest absolute Gasteiger partial charge is 0.397 e. The molecular weight excluding hydrogens is 226 g/mol. The lowest BCUT2D eigenvalue weighted by Crippen LogP contribution is -2.13. The van der Waals surface area contributed by atoms with E-state index in [1.54, 1.807) is 0 Å². The van der Waals surface area contributed by atoms with Crippen molar-refractivity contribution in [2.75, 3.05) is 37.3 Å². The number of para-hydroxylation sites is 1. The van der Waals surface area contributed by atoms with Crippen LogP contribution < -0.4 is 16.4 Å². The highest BCUT2D eigenvalue weighted by molar-refractivity contribution is 5.70. The molecule has 1 aromatic carbocycles. The number of nitrogens with two attached hydrogens (primary N) is 1. The standard InChI is InChI=1S/C14H23N3O/c15-13-4-1-3-12(9-11-5-7-16-10-11)14(13)17-6-2-8-18/h1,3-4,11,16-18H,2,5-10,15H2. The van der Waals surface area contributed by atoms with Gasteiger partial charge in [-0.25, -0.2) is 0 Å². The normalized spacial score (nSPS) is 19.1. The Morgan fingerprint density at radius 3 is 3.06 bits per heavy atom. The molecule has 1 aliphatic heterocycles. The van der Waals surface area contributed by atoms with Gasteiger partial charge in [0.2, 0.25) is 0 Å². The fourth-order valence-electron chi connectivity index (χ4n) is 2.50. The quantitative estimate of drug-likeness (QED) is 0.452. The minimum atomic E-state index is 0.210. The van der Waals surface area contributed by atoms with Crippen LogP contribution in [0.5, 0.6) is 0 Å². The first-order valence-corrected chi connectivity index (χ1v) is 6.74. The topological polar surface area (TPSA) is 70.3 Å². The predicted octanol–water partition coefficient (Wildman–Crippen LogP) is 1.22. The van der Waals surface area contributed by atoms with E-state index in [4.69, 9.17) is 10.8 Å². The minimum absolute atomic E-state index is 0.210. The van der Waals surface area contributed by atoms with E-state index in [1.165, 1.54) is 12.0 Å². The van der Waals surface area contributed by atoms with Crippen LogP contribution in [-0.4, -0.2) is 31.3 Å². The van der Waals surface area contributed by atoms with Crippen molar-refractivity contribution in [3.8, 4) is 0 Å². The van der Waals surface area contributed by atoms with Crippen LogP contribution in [0.1, 0.15) is 18.4 Å². The Morgan fingerprint density at radius 1 is 1.44 bits per heavy atom. The Hall–Kier alpha value is -1.26. The number of nitrogens with one attached hydrogen (secondary N) is 2. The van der Waals surface area contributed by atoms with E-state index >= 15 is 0 Å². The SMILES string of the molecule is Nc1cccc(CC2CCNC2)c1NCCCO. The molecule has 1 saturated heterocycles. The van der Waals surface area contributed by atoms with Gasteiger partial charge in [0.25, 0.3) is 0 Å². The van der Waals surface area contributed by atoms with Crippen molar-refractivity contribution in [1.82, 2.24) is 5.32 Å². The van der Waals surface area contributed by atoms with Crippen LogP contribution in [0.3, 0.4) is 0 Å². The second-order valence-corrected chi connectivity index (χ2v) is 4.95. The van der Waals surface area contributed by atoms with Gasteiger partial charge in [0.05, 0.1) is 11.4 Å². The van der Waals surface area contributed by atoms with E-state index in [1.807, 2.05) is 12.1 Å². The van der Waals surface area contributed by atoms with Gasteiger partial charge in [0, 0.05) is 13.2 Å². The smallest absolute Gasteiger partial charge is 0.0606 e. The molecule has 1 fully saturated rings. The summed E-state index contributed by atoms with van der Waals surface area (Å²) in [6, 6.07) is 6.10. The molecule has 0 spiro atoms. The van der Waals surface area contributed by atoms with Crippen LogP contribution in [0, 0.1) is 5.92 Å². The van der Waals surface area contributed by atoms with Gasteiger partial charge in [-0.3, -0.25) is 0 Å². The Morgan fingerprint density at radius 2 is 2.33 bits per heavy atom. The third kappa shape index (κ3) is 3.37. The van der Waals surface area contributed by atoms with E-state index < -0.39 is 0 Å². The van der Waals surface area contributed by atoms with Gasteiger partial charge in [-0.1, -0.05) is 12.1 Å². The summed E-state index contributed by atoms with van der Waals surface area (Å²) < 4.78 is 0. The molecule has 4 heteroatoms. The summed E-state index contributed by atoms with van der Waals surface area (Å²) in [6.07, 6.45) is 3.06. The van der Waals surface area contributed by atoms with Crippen LogP contribution in [0.25, 0.3) is 0 Å². The van der Waals surface area contributed by atoms with Gasteiger partial charge in [-0.05, 0) is 49.9 Å². The van der Waals surface area contributed by atoms with Crippen LogP contribution in [0.4, 0.5) is 11.4 Å². The molecule has 0 aromatic heterocycles. The molecule has 0 radical (unpaired) electrons. The maximum atomic E-state index is 8.83. The molecule has 18 heavy (non-hydrogen) atoms. The van der Waals surface area contributed by atoms with E-state index in [-0.39, 0.29) is 6.61 Å². The fourth-order valence-corrected chi connectivity index (χ4v) is 2.50. The lowest BCUT2D eigenvalue weighted by molar-refractivity contribution is 0.292. The molecule has 2 rings (SSSR count). The summed E-state index contributed by atoms with van der Waals surface area (Å²) in [4.78, 5) is 0. The maximum absolute atomic E-state index is 8.83. The van der Waals surface area contributed by atoms with Crippen molar-refractivity contribution in [1.29, 1.82) is 0 Å². The maximum Gasteiger partial charge on any atom is 0.0606 e. The molecule has 1 aromatic rings. The number of rotatable bonds is 6. The van der Waals surface area contributed by atoms with Gasteiger partial charge in [0.15, 0.2) is 0 Å². The second kappa shape index (κ2) is 6.61. The average Bonchev–Trinajstić information content (AvgIpc) is 2.86. The number of hydrogen-bond donors (Lipinski definition) is 4. The summed E-state index contributed by atoms with van der Waals surface area (Å²) in [7, 11) is 0. The molecule has 1 heterocycles.